The lowest BCUT2D eigenvalue weighted by Gasteiger charge is -2.11. The molecule has 0 aliphatic heterocycles. The summed E-state index contributed by atoms with van der Waals surface area (Å²) in [5.41, 5.74) is 3.32. The number of aryl methyl sites for hydroxylation is 1. The van der Waals surface area contributed by atoms with Gasteiger partial charge in [-0.15, -0.1) is 0 Å². The van der Waals surface area contributed by atoms with Crippen LogP contribution in [-0.2, 0) is 13.1 Å². The Hall–Kier alpha value is -2.75. The third-order valence-corrected chi connectivity index (χ3v) is 3.89. The number of fused-ring (bicyclic) bond motifs is 1. The summed E-state index contributed by atoms with van der Waals surface area (Å²) in [6.07, 6.45) is 0. The Labute approximate surface area is 136 Å². The molecular formula is C19H21N3O. The molecule has 4 nitrogen and oxygen atoms in total. The van der Waals surface area contributed by atoms with E-state index in [9.17, 15) is 0 Å². The van der Waals surface area contributed by atoms with Crippen LogP contribution in [0.4, 0.5) is 0 Å². The van der Waals surface area contributed by atoms with Crippen LogP contribution in [0.5, 0.6) is 0 Å². The van der Waals surface area contributed by atoms with E-state index in [1.54, 1.807) is 7.05 Å². The van der Waals surface area contributed by atoms with Crippen LogP contribution in [0.3, 0.4) is 0 Å². The van der Waals surface area contributed by atoms with Crippen LogP contribution in [0.15, 0.2) is 64.0 Å². The van der Waals surface area contributed by atoms with Gasteiger partial charge in [0.2, 0.25) is 0 Å². The van der Waals surface area contributed by atoms with Crippen molar-refractivity contribution in [2.45, 2.75) is 20.0 Å². The first-order chi connectivity index (χ1) is 11.3. The minimum atomic E-state index is 0.606. The molecule has 0 aliphatic rings. The summed E-state index contributed by atoms with van der Waals surface area (Å²) < 4.78 is 5.91. The molecule has 4 heteroatoms. The molecule has 0 spiro atoms. The number of nitrogens with one attached hydrogen (secondary N) is 2. The molecule has 2 N–H and O–H groups in total. The zero-order valence-corrected chi connectivity index (χ0v) is 13.5. The molecule has 1 heterocycles. The second-order valence-corrected chi connectivity index (χ2v) is 5.41. The lowest BCUT2D eigenvalue weighted by atomic mass is 10.1. The lowest BCUT2D eigenvalue weighted by Crippen LogP contribution is -2.36. The average molecular weight is 307 g/mol. The summed E-state index contributed by atoms with van der Waals surface area (Å²) in [5.74, 6) is 1.70. The van der Waals surface area contributed by atoms with Crippen molar-refractivity contribution in [3.05, 3.63) is 71.5 Å². The molecule has 2 aromatic carbocycles. The Kier molecular flexibility index (Phi) is 4.62. The molecule has 0 fully saturated rings. The molecule has 0 saturated carbocycles. The number of hydrogen-bond donors (Lipinski definition) is 2. The number of para-hydroxylation sites is 1. The van der Waals surface area contributed by atoms with Gasteiger partial charge >= 0.3 is 0 Å². The summed E-state index contributed by atoms with van der Waals surface area (Å²) in [6, 6.07) is 18.4. The molecule has 0 aliphatic carbocycles. The van der Waals surface area contributed by atoms with E-state index in [1.807, 2.05) is 36.4 Å². The zero-order valence-electron chi connectivity index (χ0n) is 13.5. The predicted octanol–water partition coefficient (Wildman–Crippen LogP) is 3.61. The van der Waals surface area contributed by atoms with Gasteiger partial charge in [0.1, 0.15) is 11.3 Å². The Morgan fingerprint density at radius 1 is 0.957 bits per heavy atom. The van der Waals surface area contributed by atoms with Gasteiger partial charge in [-0.25, -0.2) is 0 Å². The smallest absolute Gasteiger partial charge is 0.191 e. The minimum Gasteiger partial charge on any atom is -0.459 e. The third kappa shape index (κ3) is 3.54. The molecular weight excluding hydrogens is 286 g/mol. The van der Waals surface area contributed by atoms with Crippen molar-refractivity contribution in [2.75, 3.05) is 7.05 Å². The molecule has 23 heavy (non-hydrogen) atoms. The van der Waals surface area contributed by atoms with Gasteiger partial charge in [0.05, 0.1) is 6.54 Å². The van der Waals surface area contributed by atoms with E-state index in [2.05, 4.69) is 40.7 Å². The van der Waals surface area contributed by atoms with Gasteiger partial charge in [-0.3, -0.25) is 4.99 Å². The van der Waals surface area contributed by atoms with Crippen LogP contribution < -0.4 is 10.6 Å². The van der Waals surface area contributed by atoms with E-state index in [4.69, 9.17) is 4.42 Å². The standard InChI is InChI=1S/C19H21N3O/c1-14-16-10-6-7-11-17(16)23-18(14)13-22-19(20-2)21-12-15-8-4-3-5-9-15/h3-11H,12-13H2,1-2H3,(H2,20,21,22). The quantitative estimate of drug-likeness (QED) is 0.572. The number of aliphatic imine (C=N–C) groups is 1. The van der Waals surface area contributed by atoms with Crippen LogP contribution in [0.25, 0.3) is 11.0 Å². The highest BCUT2D eigenvalue weighted by molar-refractivity contribution is 5.82. The van der Waals surface area contributed by atoms with Crippen molar-refractivity contribution < 1.29 is 4.42 Å². The molecule has 0 radical (unpaired) electrons. The number of rotatable bonds is 4. The summed E-state index contributed by atoms with van der Waals surface area (Å²) in [6.45, 7) is 3.43. The first-order valence-electron chi connectivity index (χ1n) is 7.73. The van der Waals surface area contributed by atoms with E-state index in [0.29, 0.717) is 6.54 Å². The van der Waals surface area contributed by atoms with E-state index >= 15 is 0 Å². The van der Waals surface area contributed by atoms with Gasteiger partial charge in [-0.1, -0.05) is 48.5 Å². The monoisotopic (exact) mass is 307 g/mol. The van der Waals surface area contributed by atoms with Crippen molar-refractivity contribution in [1.82, 2.24) is 10.6 Å². The van der Waals surface area contributed by atoms with Crippen molar-refractivity contribution in [2.24, 2.45) is 4.99 Å². The van der Waals surface area contributed by atoms with Gasteiger partial charge in [-0.2, -0.15) is 0 Å². The van der Waals surface area contributed by atoms with E-state index in [-0.39, 0.29) is 0 Å². The fourth-order valence-corrected chi connectivity index (χ4v) is 2.56. The highest BCUT2D eigenvalue weighted by Crippen LogP contribution is 2.24. The molecule has 3 rings (SSSR count). The lowest BCUT2D eigenvalue weighted by molar-refractivity contribution is 0.534. The Bertz CT molecular complexity index is 806. The van der Waals surface area contributed by atoms with E-state index < -0.39 is 0 Å². The average Bonchev–Trinajstić information content (AvgIpc) is 2.92. The van der Waals surface area contributed by atoms with Gasteiger partial charge in [0.25, 0.3) is 0 Å². The van der Waals surface area contributed by atoms with Crippen LogP contribution in [0.2, 0.25) is 0 Å². The van der Waals surface area contributed by atoms with Crippen LogP contribution in [0.1, 0.15) is 16.9 Å². The summed E-state index contributed by atoms with van der Waals surface area (Å²) in [7, 11) is 1.77. The topological polar surface area (TPSA) is 49.6 Å². The zero-order chi connectivity index (χ0) is 16.1. The van der Waals surface area contributed by atoms with Gasteiger partial charge in [0.15, 0.2) is 5.96 Å². The first-order valence-corrected chi connectivity index (χ1v) is 7.73. The van der Waals surface area contributed by atoms with Crippen LogP contribution in [0, 0.1) is 6.92 Å². The maximum atomic E-state index is 5.91. The fraction of sp³-hybridized carbons (Fsp3) is 0.211. The summed E-state index contributed by atoms with van der Waals surface area (Å²) in [5, 5.41) is 7.77. The highest BCUT2D eigenvalue weighted by atomic mass is 16.3. The van der Waals surface area contributed by atoms with Crippen molar-refractivity contribution in [1.29, 1.82) is 0 Å². The second kappa shape index (κ2) is 7.01. The van der Waals surface area contributed by atoms with E-state index in [0.717, 1.165) is 29.2 Å². The Balaban J connectivity index is 1.62. The number of benzene rings is 2. The molecule has 118 valence electrons. The molecule has 0 unspecified atom stereocenters. The normalized spacial score (nSPS) is 11.7. The van der Waals surface area contributed by atoms with Crippen LogP contribution in [-0.4, -0.2) is 13.0 Å². The Morgan fingerprint density at radius 3 is 2.39 bits per heavy atom. The number of furan rings is 1. The minimum absolute atomic E-state index is 0.606. The Morgan fingerprint density at radius 2 is 1.65 bits per heavy atom. The number of nitrogens with zero attached hydrogens (tertiary/aromatic N) is 1. The predicted molar refractivity (Wildman–Crippen MR) is 94.4 cm³/mol. The summed E-state index contributed by atoms with van der Waals surface area (Å²) in [4.78, 5) is 4.25. The molecule has 0 saturated heterocycles. The first kappa shape index (κ1) is 15.2. The molecule has 3 aromatic rings. The van der Waals surface area contributed by atoms with Gasteiger partial charge in [-0.05, 0) is 18.6 Å². The maximum absolute atomic E-state index is 5.91. The number of guanidine groups is 1. The SMILES string of the molecule is CN=C(NCc1ccccc1)NCc1oc2ccccc2c1C. The van der Waals surface area contributed by atoms with Crippen LogP contribution >= 0.6 is 0 Å². The van der Waals surface area contributed by atoms with Crippen molar-refractivity contribution in [3.63, 3.8) is 0 Å². The van der Waals surface area contributed by atoms with Gasteiger partial charge < -0.3 is 15.1 Å². The number of hydrogen-bond acceptors (Lipinski definition) is 2. The fourth-order valence-electron chi connectivity index (χ4n) is 2.56. The molecule has 1 aromatic heterocycles. The van der Waals surface area contributed by atoms with Gasteiger partial charge in [0, 0.05) is 24.5 Å². The molecule has 0 atom stereocenters. The summed E-state index contributed by atoms with van der Waals surface area (Å²) >= 11 is 0. The third-order valence-electron chi connectivity index (χ3n) is 3.89. The second-order valence-electron chi connectivity index (χ2n) is 5.41. The molecule has 0 bridgehead atoms. The maximum Gasteiger partial charge on any atom is 0.191 e. The van der Waals surface area contributed by atoms with E-state index in [1.165, 1.54) is 11.1 Å². The van der Waals surface area contributed by atoms with Crippen molar-refractivity contribution >= 4 is 16.9 Å². The molecule has 0 amide bonds. The highest BCUT2D eigenvalue weighted by Gasteiger charge is 2.10. The largest absolute Gasteiger partial charge is 0.459 e. The van der Waals surface area contributed by atoms with Crippen molar-refractivity contribution in [3.8, 4) is 0 Å².